The van der Waals surface area contributed by atoms with Crippen LogP contribution in [-0.2, 0) is 18.9 Å². The quantitative estimate of drug-likeness (QED) is 0.203. The molecule has 0 spiro atoms. The van der Waals surface area contributed by atoms with Gasteiger partial charge in [0, 0.05) is 65.1 Å². The van der Waals surface area contributed by atoms with E-state index in [0.717, 1.165) is 64.3 Å². The van der Waals surface area contributed by atoms with Gasteiger partial charge in [-0.2, -0.15) is 0 Å². The summed E-state index contributed by atoms with van der Waals surface area (Å²) in [5.41, 5.74) is 0. The summed E-state index contributed by atoms with van der Waals surface area (Å²) in [4.78, 5) is 8.03. The molecule has 8 nitrogen and oxygen atoms in total. The van der Waals surface area contributed by atoms with Crippen molar-refractivity contribution >= 4 is 0 Å². The Bertz CT molecular complexity index is 760. The fraction of sp³-hybridized carbons (Fsp3) is 1.00. The Morgan fingerprint density at radius 3 is 2.34 bits per heavy atom. The first-order chi connectivity index (χ1) is 21.3. The second kappa shape index (κ2) is 19.5. The van der Waals surface area contributed by atoms with Crippen LogP contribution in [0.5, 0.6) is 0 Å². The third-order valence-electron chi connectivity index (χ3n) is 11.1. The molecule has 0 aromatic rings. The minimum atomic E-state index is 0.0977. The summed E-state index contributed by atoms with van der Waals surface area (Å²) in [6.07, 6.45) is 10.4. The molecule has 6 atom stereocenters. The highest BCUT2D eigenvalue weighted by Crippen LogP contribution is 2.32. The molecule has 5 unspecified atom stereocenters. The first-order valence-corrected chi connectivity index (χ1v) is 18.6. The zero-order valence-electron chi connectivity index (χ0n) is 29.5. The van der Waals surface area contributed by atoms with Gasteiger partial charge in [0.15, 0.2) is 0 Å². The Morgan fingerprint density at radius 1 is 0.841 bits per heavy atom. The maximum absolute atomic E-state index is 6.71. The van der Waals surface area contributed by atoms with E-state index < -0.39 is 0 Å². The van der Waals surface area contributed by atoms with Crippen molar-refractivity contribution in [2.75, 3.05) is 92.5 Å². The fourth-order valence-electron chi connectivity index (χ4n) is 8.01. The van der Waals surface area contributed by atoms with Gasteiger partial charge >= 0.3 is 0 Å². The van der Waals surface area contributed by atoms with Gasteiger partial charge in [0.2, 0.25) is 0 Å². The van der Waals surface area contributed by atoms with E-state index in [9.17, 15) is 0 Å². The molecule has 8 heteroatoms. The van der Waals surface area contributed by atoms with Crippen LogP contribution in [-0.4, -0.2) is 132 Å². The average Bonchev–Trinajstić information content (AvgIpc) is 3.68. The van der Waals surface area contributed by atoms with E-state index in [1.807, 2.05) is 0 Å². The van der Waals surface area contributed by atoms with Crippen molar-refractivity contribution in [3.05, 3.63) is 0 Å². The van der Waals surface area contributed by atoms with Gasteiger partial charge in [-0.3, -0.25) is 9.80 Å². The Balaban J connectivity index is 1.25. The zero-order chi connectivity index (χ0) is 31.3. The molecule has 4 fully saturated rings. The van der Waals surface area contributed by atoms with Crippen molar-refractivity contribution in [2.45, 2.75) is 110 Å². The second-order valence-corrected chi connectivity index (χ2v) is 15.4. The third kappa shape index (κ3) is 12.0. The largest absolute Gasteiger partial charge is 0.385 e. The Morgan fingerprint density at radius 2 is 1.61 bits per heavy atom. The lowest BCUT2D eigenvalue weighted by molar-refractivity contribution is -0.149. The van der Waals surface area contributed by atoms with Crippen LogP contribution in [0.25, 0.3) is 0 Å². The molecule has 4 rings (SSSR count). The highest BCUT2D eigenvalue weighted by molar-refractivity contribution is 4.90. The lowest BCUT2D eigenvalue weighted by Crippen LogP contribution is -2.50. The van der Waals surface area contributed by atoms with Gasteiger partial charge in [-0.1, -0.05) is 34.6 Å². The van der Waals surface area contributed by atoms with Gasteiger partial charge in [0.25, 0.3) is 0 Å². The van der Waals surface area contributed by atoms with Crippen LogP contribution >= 0.6 is 0 Å². The number of nitrogens with one attached hydrogen (secondary N) is 1. The average molecular weight is 623 g/mol. The molecular formula is C36H70N4O4. The number of morpholine rings is 1. The standard InChI is InChI=1S/C36H70N4O4/c1-28(2)22-39-16-19-42-27-36(39)44-26-34-20-32(31(5)23-38-14-7-8-15-38)25-40(34)24-30(4)29(3)21-37-33-10-12-35(13-11-33)43-18-9-17-41-6/h28-37H,7-27H2,1-6H3/t29?,30?,31?,32?,33-,34-,35+,36?/m1/s1. The first-order valence-electron chi connectivity index (χ1n) is 18.6. The molecule has 1 aliphatic carbocycles. The van der Waals surface area contributed by atoms with Crippen LogP contribution in [0, 0.1) is 29.6 Å². The van der Waals surface area contributed by atoms with Crippen molar-refractivity contribution in [3.63, 3.8) is 0 Å². The van der Waals surface area contributed by atoms with Crippen LogP contribution in [0.4, 0.5) is 0 Å². The van der Waals surface area contributed by atoms with E-state index in [-0.39, 0.29) is 6.23 Å². The fourth-order valence-corrected chi connectivity index (χ4v) is 8.01. The minimum absolute atomic E-state index is 0.0977. The van der Waals surface area contributed by atoms with Gasteiger partial charge < -0.3 is 29.2 Å². The molecule has 258 valence electrons. The molecule has 44 heavy (non-hydrogen) atoms. The van der Waals surface area contributed by atoms with E-state index in [0.29, 0.717) is 42.5 Å². The molecule has 4 aliphatic rings. The predicted octanol–water partition coefficient (Wildman–Crippen LogP) is 4.97. The number of likely N-dealkylation sites (tertiary alicyclic amines) is 2. The van der Waals surface area contributed by atoms with Crippen molar-refractivity contribution in [1.29, 1.82) is 0 Å². The smallest absolute Gasteiger partial charge is 0.134 e. The van der Waals surface area contributed by atoms with Crippen LogP contribution < -0.4 is 5.32 Å². The molecular weight excluding hydrogens is 552 g/mol. The van der Waals surface area contributed by atoms with Gasteiger partial charge in [-0.15, -0.1) is 0 Å². The van der Waals surface area contributed by atoms with Crippen molar-refractivity contribution in [2.24, 2.45) is 29.6 Å². The molecule has 3 saturated heterocycles. The molecule has 0 amide bonds. The lowest BCUT2D eigenvalue weighted by Gasteiger charge is -2.38. The van der Waals surface area contributed by atoms with E-state index in [1.165, 1.54) is 77.7 Å². The first kappa shape index (κ1) is 36.5. The van der Waals surface area contributed by atoms with E-state index in [4.69, 9.17) is 18.9 Å². The van der Waals surface area contributed by atoms with E-state index in [2.05, 4.69) is 54.6 Å². The summed E-state index contributed by atoms with van der Waals surface area (Å²) in [6.45, 7) is 25.5. The maximum atomic E-state index is 6.71. The molecule has 0 radical (unpaired) electrons. The minimum Gasteiger partial charge on any atom is -0.385 e. The normalized spacial score (nSPS) is 31.6. The van der Waals surface area contributed by atoms with Crippen molar-refractivity contribution in [1.82, 2.24) is 20.0 Å². The van der Waals surface area contributed by atoms with Gasteiger partial charge in [-0.05, 0) is 101 Å². The monoisotopic (exact) mass is 623 g/mol. The second-order valence-electron chi connectivity index (χ2n) is 15.4. The predicted molar refractivity (Wildman–Crippen MR) is 180 cm³/mol. The van der Waals surface area contributed by atoms with Crippen LogP contribution in [0.2, 0.25) is 0 Å². The molecule has 1 N–H and O–H groups in total. The summed E-state index contributed by atoms with van der Waals surface area (Å²) in [6, 6.07) is 1.14. The SMILES string of the molecule is COCCCO[C@H]1CC[C@@H](NCC(C)C(C)CN2CC(C(C)CN3CCCC3)C[C@@H]2COC2COCCN2CC(C)C)CC1. The molecule has 0 bridgehead atoms. The summed E-state index contributed by atoms with van der Waals surface area (Å²) < 4.78 is 23.8. The molecule has 0 aromatic carbocycles. The van der Waals surface area contributed by atoms with Crippen LogP contribution in [0.3, 0.4) is 0 Å². The Kier molecular flexibility index (Phi) is 16.2. The third-order valence-corrected chi connectivity index (χ3v) is 11.1. The number of methoxy groups -OCH3 is 1. The number of rotatable bonds is 19. The van der Waals surface area contributed by atoms with Gasteiger partial charge in [0.1, 0.15) is 6.23 Å². The van der Waals surface area contributed by atoms with E-state index >= 15 is 0 Å². The van der Waals surface area contributed by atoms with Crippen molar-refractivity contribution < 1.29 is 18.9 Å². The molecule has 0 aromatic heterocycles. The van der Waals surface area contributed by atoms with Crippen LogP contribution in [0.1, 0.15) is 86.0 Å². The van der Waals surface area contributed by atoms with Gasteiger partial charge in [0.05, 0.1) is 25.9 Å². The summed E-state index contributed by atoms with van der Waals surface area (Å²) >= 11 is 0. The number of hydrogen-bond donors (Lipinski definition) is 1. The Labute approximate surface area is 271 Å². The Hall–Kier alpha value is -0.320. The number of ether oxygens (including phenoxy) is 4. The summed E-state index contributed by atoms with van der Waals surface area (Å²) in [7, 11) is 1.76. The number of nitrogens with zero attached hydrogens (tertiary/aromatic N) is 3. The summed E-state index contributed by atoms with van der Waals surface area (Å²) in [5, 5.41) is 3.95. The van der Waals surface area contributed by atoms with Crippen molar-refractivity contribution in [3.8, 4) is 0 Å². The molecule has 1 saturated carbocycles. The summed E-state index contributed by atoms with van der Waals surface area (Å²) in [5.74, 6) is 3.43. The molecule has 3 heterocycles. The highest BCUT2D eigenvalue weighted by Gasteiger charge is 2.38. The lowest BCUT2D eigenvalue weighted by atomic mass is 9.91. The zero-order valence-corrected chi connectivity index (χ0v) is 29.5. The van der Waals surface area contributed by atoms with Crippen LogP contribution in [0.15, 0.2) is 0 Å². The van der Waals surface area contributed by atoms with E-state index in [1.54, 1.807) is 7.11 Å². The maximum Gasteiger partial charge on any atom is 0.134 e. The molecule has 3 aliphatic heterocycles. The topological polar surface area (TPSA) is 58.7 Å². The van der Waals surface area contributed by atoms with Gasteiger partial charge in [-0.25, -0.2) is 0 Å². The highest BCUT2D eigenvalue weighted by atomic mass is 16.6. The number of hydrogen-bond acceptors (Lipinski definition) is 8.